The van der Waals surface area contributed by atoms with E-state index < -0.39 is 30.9 Å². The van der Waals surface area contributed by atoms with Crippen molar-refractivity contribution in [3.05, 3.63) is 66.0 Å². The van der Waals surface area contributed by atoms with Gasteiger partial charge in [0.1, 0.15) is 5.82 Å². The summed E-state index contributed by atoms with van der Waals surface area (Å²) >= 11 is 0. The molecule has 0 radical (unpaired) electrons. The lowest BCUT2D eigenvalue weighted by Crippen LogP contribution is -2.33. The van der Waals surface area contributed by atoms with Crippen molar-refractivity contribution in [2.75, 3.05) is 18.8 Å². The molecule has 0 aliphatic carbocycles. The highest BCUT2D eigenvalue weighted by atomic mass is 32.2. The lowest BCUT2D eigenvalue weighted by atomic mass is 10.1. The average molecular weight is 383 g/mol. The summed E-state index contributed by atoms with van der Waals surface area (Å²) in [6, 6.07) is 13.6. The van der Waals surface area contributed by atoms with Crippen LogP contribution in [0.2, 0.25) is 0 Å². The summed E-state index contributed by atoms with van der Waals surface area (Å²) in [5, 5.41) is -1.04. The molecule has 1 atom stereocenters. The fourth-order valence-electron chi connectivity index (χ4n) is 2.99. The molecule has 0 spiro atoms. The maximum absolute atomic E-state index is 14.0. The highest BCUT2D eigenvalue weighted by Crippen LogP contribution is 2.32. The first-order valence-corrected chi connectivity index (χ1v) is 11.0. The maximum Gasteiger partial charge on any atom is 0.243 e. The first-order valence-electron chi connectivity index (χ1n) is 7.83. The Morgan fingerprint density at radius 2 is 1.60 bits per heavy atom. The molecule has 2 aromatic rings. The number of sulfone groups is 1. The van der Waals surface area contributed by atoms with Crippen molar-refractivity contribution in [2.24, 2.45) is 0 Å². The van der Waals surface area contributed by atoms with Gasteiger partial charge in [0, 0.05) is 18.7 Å². The molecule has 8 heteroatoms. The van der Waals surface area contributed by atoms with Gasteiger partial charge in [-0.2, -0.15) is 4.31 Å². The molecule has 0 saturated carbocycles. The van der Waals surface area contributed by atoms with Gasteiger partial charge in [-0.15, -0.1) is 0 Å². The zero-order chi connectivity index (χ0) is 18.1. The zero-order valence-electron chi connectivity index (χ0n) is 13.4. The van der Waals surface area contributed by atoms with Gasteiger partial charge in [0.05, 0.1) is 15.9 Å². The summed E-state index contributed by atoms with van der Waals surface area (Å²) in [6.07, 6.45) is 0.0231. The molecule has 5 nitrogen and oxygen atoms in total. The van der Waals surface area contributed by atoms with Crippen LogP contribution in [0, 0.1) is 5.82 Å². The Bertz CT molecular complexity index is 959. The zero-order valence-corrected chi connectivity index (χ0v) is 15.0. The molecule has 25 heavy (non-hydrogen) atoms. The summed E-state index contributed by atoms with van der Waals surface area (Å²) in [6.45, 7) is -0.111. The van der Waals surface area contributed by atoms with E-state index >= 15 is 0 Å². The van der Waals surface area contributed by atoms with Crippen molar-refractivity contribution in [3.63, 3.8) is 0 Å². The van der Waals surface area contributed by atoms with E-state index in [1.54, 1.807) is 24.3 Å². The maximum atomic E-state index is 14.0. The molecule has 1 saturated heterocycles. The molecule has 1 aliphatic rings. The third-order valence-corrected chi connectivity index (χ3v) is 8.35. The molecule has 2 aromatic carbocycles. The molecule has 1 fully saturated rings. The summed E-state index contributed by atoms with van der Waals surface area (Å²) < 4.78 is 65.8. The van der Waals surface area contributed by atoms with Crippen LogP contribution < -0.4 is 0 Å². The van der Waals surface area contributed by atoms with E-state index in [2.05, 4.69) is 0 Å². The number of hydrogen-bond donors (Lipinski definition) is 0. The van der Waals surface area contributed by atoms with Crippen molar-refractivity contribution in [2.45, 2.75) is 16.6 Å². The second kappa shape index (κ2) is 6.86. The second-order valence-corrected chi connectivity index (χ2v) is 10.1. The Hall–Kier alpha value is -1.77. The van der Waals surface area contributed by atoms with E-state index in [4.69, 9.17) is 0 Å². The Morgan fingerprint density at radius 3 is 2.28 bits per heavy atom. The monoisotopic (exact) mass is 383 g/mol. The van der Waals surface area contributed by atoms with Crippen molar-refractivity contribution < 1.29 is 21.2 Å². The van der Waals surface area contributed by atoms with E-state index in [0.29, 0.717) is 0 Å². The van der Waals surface area contributed by atoms with Crippen LogP contribution >= 0.6 is 0 Å². The molecule has 1 aliphatic heterocycles. The predicted molar refractivity (Wildman–Crippen MR) is 92.7 cm³/mol. The molecule has 0 unspecified atom stereocenters. The third-order valence-electron chi connectivity index (χ3n) is 4.33. The van der Waals surface area contributed by atoms with Gasteiger partial charge in [0.25, 0.3) is 0 Å². The smallest absolute Gasteiger partial charge is 0.228 e. The molecule has 3 rings (SSSR count). The highest BCUT2D eigenvalue weighted by molar-refractivity contribution is 7.92. The summed E-state index contributed by atoms with van der Waals surface area (Å²) in [5.41, 5.74) is 0.0986. The SMILES string of the molecule is O=S1(=O)CCN(S(=O)(=O)c2ccccc2)CC[C@H]1c1ccccc1F. The van der Waals surface area contributed by atoms with Crippen LogP contribution in [0.15, 0.2) is 59.5 Å². The first-order chi connectivity index (χ1) is 11.8. The van der Waals surface area contributed by atoms with E-state index in [-0.39, 0.29) is 35.7 Å². The Kier molecular flexibility index (Phi) is 4.95. The fraction of sp³-hybridized carbons (Fsp3) is 0.294. The number of nitrogens with zero attached hydrogens (tertiary/aromatic N) is 1. The van der Waals surface area contributed by atoms with Crippen LogP contribution in [-0.4, -0.2) is 40.0 Å². The van der Waals surface area contributed by atoms with Gasteiger partial charge in [-0.3, -0.25) is 0 Å². The van der Waals surface area contributed by atoms with Crippen molar-refractivity contribution in [1.29, 1.82) is 0 Å². The Morgan fingerprint density at radius 1 is 0.960 bits per heavy atom. The van der Waals surface area contributed by atoms with Crippen molar-refractivity contribution in [3.8, 4) is 0 Å². The molecular formula is C17H18FNO4S2. The summed E-state index contributed by atoms with van der Waals surface area (Å²) in [7, 11) is -7.43. The Labute approximate surface area is 147 Å². The largest absolute Gasteiger partial charge is 0.243 e. The van der Waals surface area contributed by atoms with Gasteiger partial charge in [0.2, 0.25) is 10.0 Å². The number of hydrogen-bond acceptors (Lipinski definition) is 4. The number of rotatable bonds is 3. The second-order valence-electron chi connectivity index (χ2n) is 5.88. The van der Waals surface area contributed by atoms with Crippen molar-refractivity contribution in [1.82, 2.24) is 4.31 Å². The molecule has 0 N–H and O–H groups in total. The molecule has 0 aromatic heterocycles. The van der Waals surface area contributed by atoms with Gasteiger partial charge in [-0.05, 0) is 24.6 Å². The van der Waals surface area contributed by atoms with Gasteiger partial charge >= 0.3 is 0 Å². The fourth-order valence-corrected chi connectivity index (χ4v) is 6.39. The minimum absolute atomic E-state index is 0.0231. The molecular weight excluding hydrogens is 365 g/mol. The topological polar surface area (TPSA) is 71.5 Å². The van der Waals surface area contributed by atoms with Crippen molar-refractivity contribution >= 4 is 19.9 Å². The number of benzene rings is 2. The van der Waals surface area contributed by atoms with E-state index in [9.17, 15) is 21.2 Å². The van der Waals surface area contributed by atoms with Gasteiger partial charge in [-0.25, -0.2) is 21.2 Å². The van der Waals surface area contributed by atoms with Gasteiger partial charge in [0.15, 0.2) is 9.84 Å². The first kappa shape index (κ1) is 18.0. The van der Waals surface area contributed by atoms with Gasteiger partial charge in [-0.1, -0.05) is 36.4 Å². The van der Waals surface area contributed by atoms with Crippen LogP contribution in [0.1, 0.15) is 17.2 Å². The summed E-state index contributed by atoms with van der Waals surface area (Å²) in [4.78, 5) is 0.122. The van der Waals surface area contributed by atoms with Crippen LogP contribution in [0.5, 0.6) is 0 Å². The lowest BCUT2D eigenvalue weighted by molar-refractivity contribution is 0.427. The van der Waals surface area contributed by atoms with E-state index in [1.807, 2.05) is 0 Å². The standard InChI is InChI=1S/C17H18FNO4S2/c18-16-9-5-4-8-15(16)17-10-11-19(12-13-24(17,20)21)25(22,23)14-6-2-1-3-7-14/h1-9,17H,10-13H2/t17-/m0/s1. The normalized spacial score (nSPS) is 21.6. The quantitative estimate of drug-likeness (QED) is 0.816. The molecule has 0 bridgehead atoms. The minimum Gasteiger partial charge on any atom is -0.228 e. The molecule has 134 valence electrons. The van der Waals surface area contributed by atoms with E-state index in [1.165, 1.54) is 34.6 Å². The number of sulfonamides is 1. The van der Waals surface area contributed by atoms with Crippen LogP contribution in [0.4, 0.5) is 4.39 Å². The van der Waals surface area contributed by atoms with Crippen LogP contribution in [0.25, 0.3) is 0 Å². The average Bonchev–Trinajstić information content (AvgIpc) is 2.75. The molecule has 1 heterocycles. The van der Waals surface area contributed by atoms with E-state index in [0.717, 1.165) is 0 Å². The molecule has 0 amide bonds. The predicted octanol–water partition coefficient (Wildman–Crippen LogP) is 2.38. The highest BCUT2D eigenvalue weighted by Gasteiger charge is 2.36. The Balaban J connectivity index is 1.92. The summed E-state index contributed by atoms with van der Waals surface area (Å²) in [5.74, 6) is -0.923. The van der Waals surface area contributed by atoms with Crippen LogP contribution in [0.3, 0.4) is 0 Å². The van der Waals surface area contributed by atoms with Gasteiger partial charge < -0.3 is 0 Å². The third kappa shape index (κ3) is 3.61. The lowest BCUT2D eigenvalue weighted by Gasteiger charge is -2.19. The van der Waals surface area contributed by atoms with Crippen LogP contribution in [-0.2, 0) is 19.9 Å². The minimum atomic E-state index is -3.78. The number of halogens is 1.